The zero-order chi connectivity index (χ0) is 27.7. The highest BCUT2D eigenvalue weighted by Crippen LogP contribution is 2.42. The number of anilines is 1. The maximum atomic E-state index is 13.6. The summed E-state index contributed by atoms with van der Waals surface area (Å²) < 4.78 is 13.7. The van der Waals surface area contributed by atoms with Gasteiger partial charge in [0.1, 0.15) is 0 Å². The molecule has 0 fully saturated rings. The molecule has 0 bridgehead atoms. The van der Waals surface area contributed by atoms with Gasteiger partial charge in [0.05, 0.1) is 35.0 Å². The summed E-state index contributed by atoms with van der Waals surface area (Å²) in [5, 5.41) is 5.89. The van der Waals surface area contributed by atoms with E-state index in [1.807, 2.05) is 61.5 Å². The van der Waals surface area contributed by atoms with Crippen LogP contribution in [0.3, 0.4) is 0 Å². The number of para-hydroxylation sites is 1. The largest absolute Gasteiger partial charge is 0.493 e. The second kappa shape index (κ2) is 11.4. The quantitative estimate of drug-likeness (QED) is 0.207. The summed E-state index contributed by atoms with van der Waals surface area (Å²) in [6, 6.07) is 18.5. The van der Waals surface area contributed by atoms with Crippen LogP contribution in [0.5, 0.6) is 11.5 Å². The number of H-pyrrole nitrogens is 1. The molecule has 11 heteroatoms. The van der Waals surface area contributed by atoms with Crippen molar-refractivity contribution in [3.63, 3.8) is 0 Å². The number of carbonyl (C=O) groups is 1. The number of hydrogen-bond acceptors (Lipinski definition) is 6. The summed E-state index contributed by atoms with van der Waals surface area (Å²) in [7, 11) is 1.56. The molecule has 0 saturated carbocycles. The van der Waals surface area contributed by atoms with Gasteiger partial charge in [-0.05, 0) is 63.4 Å². The molecule has 1 aliphatic rings. The molecule has 1 amide bonds. The van der Waals surface area contributed by atoms with Gasteiger partial charge in [0.15, 0.2) is 11.5 Å². The van der Waals surface area contributed by atoms with E-state index >= 15 is 0 Å². The number of rotatable bonds is 7. The maximum Gasteiger partial charge on any atom is 0.325 e. The van der Waals surface area contributed by atoms with Crippen molar-refractivity contribution in [2.75, 3.05) is 18.6 Å². The van der Waals surface area contributed by atoms with Gasteiger partial charge in [-0.25, -0.2) is 4.90 Å². The molecular formula is C28H25BrClN4O4S+. The summed E-state index contributed by atoms with van der Waals surface area (Å²) >= 11 is 11.3. The van der Waals surface area contributed by atoms with Crippen LogP contribution in [0.1, 0.15) is 31.1 Å². The van der Waals surface area contributed by atoms with Crippen LogP contribution in [0.4, 0.5) is 5.69 Å². The lowest BCUT2D eigenvalue weighted by Crippen LogP contribution is -2.60. The van der Waals surface area contributed by atoms with Crippen LogP contribution in [0.15, 0.2) is 75.1 Å². The molecular weight excluding hydrogens is 604 g/mol. The van der Waals surface area contributed by atoms with Crippen molar-refractivity contribution in [2.45, 2.75) is 30.9 Å². The number of nitrogens with zero attached hydrogens (tertiary/aromatic N) is 3. The van der Waals surface area contributed by atoms with Gasteiger partial charge < -0.3 is 9.47 Å². The van der Waals surface area contributed by atoms with Crippen LogP contribution in [-0.2, 0) is 10.5 Å². The van der Waals surface area contributed by atoms with E-state index in [-0.39, 0.29) is 11.5 Å². The zero-order valence-corrected chi connectivity index (χ0v) is 24.6. The first-order valence-corrected chi connectivity index (χ1v) is 14.3. The number of ether oxygens (including phenoxy) is 2. The summed E-state index contributed by atoms with van der Waals surface area (Å²) in [5.74, 6) is 1.34. The number of carbonyl (C=O) groups excluding carboxylic acids is 1. The Morgan fingerprint density at radius 2 is 1.95 bits per heavy atom. The van der Waals surface area contributed by atoms with Gasteiger partial charge in [-0.3, -0.25) is 14.6 Å². The van der Waals surface area contributed by atoms with Crippen molar-refractivity contribution < 1.29 is 19.0 Å². The molecule has 1 aliphatic heterocycles. The highest BCUT2D eigenvalue weighted by Gasteiger charge is 2.45. The first kappa shape index (κ1) is 27.2. The number of fused-ring (bicyclic) bond motifs is 3. The van der Waals surface area contributed by atoms with Gasteiger partial charge in [-0.2, -0.15) is 0 Å². The first-order valence-electron chi connectivity index (χ1n) is 12.2. The van der Waals surface area contributed by atoms with Crippen molar-refractivity contribution in [3.05, 3.63) is 91.6 Å². The molecule has 3 aromatic carbocycles. The Bertz CT molecular complexity index is 1630. The van der Waals surface area contributed by atoms with Crippen molar-refractivity contribution in [1.29, 1.82) is 0 Å². The summed E-state index contributed by atoms with van der Waals surface area (Å²) in [4.78, 5) is 31.3. The third kappa shape index (κ3) is 5.16. The Morgan fingerprint density at radius 3 is 2.67 bits per heavy atom. The lowest BCUT2D eigenvalue weighted by atomic mass is 10.0. The molecule has 4 aromatic rings. The molecule has 0 aliphatic carbocycles. The predicted molar refractivity (Wildman–Crippen MR) is 155 cm³/mol. The van der Waals surface area contributed by atoms with E-state index < -0.39 is 6.17 Å². The number of methoxy groups -OCH3 is 1. The minimum Gasteiger partial charge on any atom is -0.493 e. The second-order valence-corrected chi connectivity index (χ2v) is 10.9. The molecule has 1 atom stereocenters. The zero-order valence-electron chi connectivity index (χ0n) is 21.4. The molecule has 39 heavy (non-hydrogen) atoms. The molecule has 0 unspecified atom stereocenters. The molecule has 1 N–H and O–H groups in total. The van der Waals surface area contributed by atoms with E-state index in [1.54, 1.807) is 22.8 Å². The molecule has 1 aromatic heterocycles. The molecule has 200 valence electrons. The molecule has 5 rings (SSSR count). The molecule has 2 heterocycles. The van der Waals surface area contributed by atoms with E-state index in [9.17, 15) is 9.59 Å². The minimum atomic E-state index is -0.768. The van der Waals surface area contributed by atoms with Crippen LogP contribution in [0.2, 0.25) is 5.02 Å². The summed E-state index contributed by atoms with van der Waals surface area (Å²) in [6.07, 6.45) is -0.768. The van der Waals surface area contributed by atoms with Crippen LogP contribution in [-0.4, -0.2) is 29.7 Å². The van der Waals surface area contributed by atoms with E-state index in [1.165, 1.54) is 18.7 Å². The highest BCUT2D eigenvalue weighted by atomic mass is 79.9. The Labute approximate surface area is 243 Å². The fraction of sp³-hybridized carbons (Fsp3) is 0.214. The van der Waals surface area contributed by atoms with Gasteiger partial charge in [-0.15, -0.1) is 0 Å². The Hall–Kier alpha value is -3.34. The van der Waals surface area contributed by atoms with Crippen molar-refractivity contribution >= 4 is 50.9 Å². The first-order chi connectivity index (χ1) is 18.8. The van der Waals surface area contributed by atoms with E-state index in [2.05, 4.69) is 20.9 Å². The number of nitrogens with one attached hydrogen (secondary N) is 1. The van der Waals surface area contributed by atoms with E-state index in [4.69, 9.17) is 26.2 Å². The fourth-order valence-corrected chi connectivity index (χ4v) is 6.32. The average Bonchev–Trinajstić information content (AvgIpc) is 2.92. The number of thioether (sulfide) groups is 1. The summed E-state index contributed by atoms with van der Waals surface area (Å²) in [5.41, 5.74) is 2.85. The smallest absolute Gasteiger partial charge is 0.325 e. The van der Waals surface area contributed by atoms with Gasteiger partial charge in [-0.1, -0.05) is 53.7 Å². The molecule has 0 radical (unpaired) electrons. The predicted octanol–water partition coefficient (Wildman–Crippen LogP) is 5.75. The molecule has 8 nitrogen and oxygen atoms in total. The Morgan fingerprint density at radius 1 is 1.21 bits per heavy atom. The topological polar surface area (TPSA) is 88.4 Å². The SMILES string of the molecule is CCOc1c(Br)cc([C@H]2N(C(C)=O)c3ccccc3-c3c(=O)[nH]c(SCc4ccccc4Cl)n[n+]32)cc1OC. The number of halogens is 2. The lowest BCUT2D eigenvalue weighted by Gasteiger charge is -2.31. The van der Waals surface area contributed by atoms with Gasteiger partial charge in [0.25, 0.3) is 6.17 Å². The summed E-state index contributed by atoms with van der Waals surface area (Å²) in [6.45, 7) is 3.83. The number of hydrogen-bond donors (Lipinski definition) is 1. The van der Waals surface area contributed by atoms with Crippen LogP contribution in [0.25, 0.3) is 11.3 Å². The van der Waals surface area contributed by atoms with Crippen LogP contribution < -0.4 is 24.6 Å². The average molecular weight is 629 g/mol. The fourth-order valence-electron chi connectivity index (χ4n) is 4.61. The standard InChI is InChI=1S/C28H24BrClN4O4S/c1-4-38-25-20(29)13-18(14-23(25)37-3)27-33(16(2)35)22-12-8-6-10-19(22)24-26(36)31-28(32-34(24)27)39-15-17-9-5-7-11-21(17)30/h5-14,27H,4,15H2,1-3H3/p+1/t27-/m0/s1. The minimum absolute atomic E-state index is 0.207. The third-order valence-electron chi connectivity index (χ3n) is 6.26. The number of benzene rings is 3. The lowest BCUT2D eigenvalue weighted by molar-refractivity contribution is -0.763. The Kier molecular flexibility index (Phi) is 7.97. The monoisotopic (exact) mass is 627 g/mol. The number of aromatic nitrogens is 3. The van der Waals surface area contributed by atoms with Gasteiger partial charge >= 0.3 is 11.3 Å². The van der Waals surface area contributed by atoms with Crippen LogP contribution >= 0.6 is 39.3 Å². The van der Waals surface area contributed by atoms with Gasteiger partial charge in [0.2, 0.25) is 11.1 Å². The van der Waals surface area contributed by atoms with Crippen molar-refractivity contribution in [1.82, 2.24) is 10.1 Å². The van der Waals surface area contributed by atoms with E-state index in [0.717, 1.165) is 5.56 Å². The molecule has 0 spiro atoms. The number of aromatic amines is 1. The second-order valence-electron chi connectivity index (χ2n) is 8.68. The van der Waals surface area contributed by atoms with Crippen molar-refractivity contribution in [3.8, 4) is 22.8 Å². The highest BCUT2D eigenvalue weighted by molar-refractivity contribution is 9.10. The number of amides is 1. The van der Waals surface area contributed by atoms with Gasteiger partial charge in [0, 0.05) is 22.8 Å². The van der Waals surface area contributed by atoms with Crippen molar-refractivity contribution in [2.24, 2.45) is 0 Å². The molecule has 0 saturated heterocycles. The van der Waals surface area contributed by atoms with E-state index in [0.29, 0.717) is 61.0 Å². The van der Waals surface area contributed by atoms with Crippen LogP contribution in [0, 0.1) is 0 Å². The Balaban J connectivity index is 1.71. The third-order valence-corrected chi connectivity index (χ3v) is 8.13. The normalized spacial score (nSPS) is 14.0. The maximum absolute atomic E-state index is 13.6.